The van der Waals surface area contributed by atoms with Crippen LogP contribution in [0.3, 0.4) is 0 Å². The minimum atomic E-state index is 0.940. The van der Waals surface area contributed by atoms with Crippen molar-refractivity contribution >= 4 is 0 Å². The smallest absolute Gasteiger partial charge is 0.0121 e. The molecule has 0 amide bonds. The lowest BCUT2D eigenvalue weighted by Crippen LogP contribution is -2.45. The van der Waals surface area contributed by atoms with Gasteiger partial charge in [0.05, 0.1) is 0 Å². The van der Waals surface area contributed by atoms with Crippen LogP contribution < -0.4 is 0 Å². The van der Waals surface area contributed by atoms with Crippen LogP contribution in [0.1, 0.15) is 39.0 Å². The lowest BCUT2D eigenvalue weighted by molar-refractivity contribution is 0.0654. The summed E-state index contributed by atoms with van der Waals surface area (Å²) >= 11 is 0. The third kappa shape index (κ3) is 1.52. The summed E-state index contributed by atoms with van der Waals surface area (Å²) in [5, 5.41) is 0. The summed E-state index contributed by atoms with van der Waals surface area (Å²) in [7, 11) is 2.31. The summed E-state index contributed by atoms with van der Waals surface area (Å²) in [4.78, 5) is 2.60. The maximum absolute atomic E-state index is 2.60. The summed E-state index contributed by atoms with van der Waals surface area (Å²) in [5.74, 6) is 2.03. The molecule has 0 N–H and O–H groups in total. The topological polar surface area (TPSA) is 3.24 Å². The largest absolute Gasteiger partial charge is 0.303 e. The van der Waals surface area contributed by atoms with Crippen LogP contribution in [-0.2, 0) is 0 Å². The number of hydrogen-bond donors (Lipinski definition) is 0. The maximum Gasteiger partial charge on any atom is 0.0121 e. The van der Waals surface area contributed by atoms with Crippen molar-refractivity contribution in [3.63, 3.8) is 0 Å². The Morgan fingerprint density at radius 1 is 1.17 bits per heavy atom. The Hall–Kier alpha value is -0.0400. The molecule has 1 heteroatoms. The molecule has 0 bridgehead atoms. The third-order valence-corrected chi connectivity index (χ3v) is 3.86. The summed E-state index contributed by atoms with van der Waals surface area (Å²) in [6.07, 6.45) is 7.35. The van der Waals surface area contributed by atoms with E-state index in [1.54, 1.807) is 0 Å². The van der Waals surface area contributed by atoms with Gasteiger partial charge in [0.25, 0.3) is 0 Å². The van der Waals surface area contributed by atoms with Crippen molar-refractivity contribution in [3.8, 4) is 0 Å². The van der Waals surface area contributed by atoms with Crippen molar-refractivity contribution < 1.29 is 0 Å². The molecule has 2 rings (SSSR count). The van der Waals surface area contributed by atoms with Crippen molar-refractivity contribution in [2.24, 2.45) is 11.8 Å². The Balaban J connectivity index is 1.99. The molecule has 70 valence electrons. The van der Waals surface area contributed by atoms with Gasteiger partial charge in [0.1, 0.15) is 0 Å². The molecule has 12 heavy (non-hydrogen) atoms. The van der Waals surface area contributed by atoms with E-state index in [1.165, 1.54) is 38.6 Å². The zero-order valence-electron chi connectivity index (χ0n) is 8.42. The lowest BCUT2D eigenvalue weighted by Gasteiger charge is -2.44. The highest BCUT2D eigenvalue weighted by atomic mass is 15.1. The summed E-state index contributed by atoms with van der Waals surface area (Å²) < 4.78 is 0. The molecule has 0 aromatic rings. The van der Waals surface area contributed by atoms with Crippen LogP contribution >= 0.6 is 0 Å². The van der Waals surface area contributed by atoms with E-state index in [9.17, 15) is 0 Å². The second-order valence-corrected chi connectivity index (χ2v) is 4.87. The van der Waals surface area contributed by atoms with E-state index in [0.29, 0.717) is 0 Å². The first kappa shape index (κ1) is 8.55. The van der Waals surface area contributed by atoms with Gasteiger partial charge in [-0.1, -0.05) is 6.92 Å². The molecule has 0 aromatic carbocycles. The predicted molar refractivity (Wildman–Crippen MR) is 52.2 cm³/mol. The van der Waals surface area contributed by atoms with Gasteiger partial charge in [0, 0.05) is 6.04 Å². The zero-order valence-corrected chi connectivity index (χ0v) is 8.42. The molecule has 2 aliphatic rings. The number of nitrogens with zero attached hydrogens (tertiary/aromatic N) is 1. The van der Waals surface area contributed by atoms with Gasteiger partial charge in [-0.2, -0.15) is 0 Å². The first-order valence-electron chi connectivity index (χ1n) is 5.47. The van der Waals surface area contributed by atoms with Crippen molar-refractivity contribution in [1.29, 1.82) is 0 Å². The van der Waals surface area contributed by atoms with E-state index in [1.807, 2.05) is 0 Å². The summed E-state index contributed by atoms with van der Waals surface area (Å²) in [6.45, 7) is 3.76. The third-order valence-electron chi connectivity index (χ3n) is 3.86. The van der Waals surface area contributed by atoms with Gasteiger partial charge >= 0.3 is 0 Å². The lowest BCUT2D eigenvalue weighted by atomic mass is 9.74. The van der Waals surface area contributed by atoms with Crippen LogP contribution in [0.2, 0.25) is 0 Å². The van der Waals surface area contributed by atoms with E-state index in [4.69, 9.17) is 0 Å². The fourth-order valence-corrected chi connectivity index (χ4v) is 3.14. The maximum atomic E-state index is 2.60. The predicted octanol–water partition coefficient (Wildman–Crippen LogP) is 2.52. The number of likely N-dealkylation sites (tertiary alicyclic amines) is 1. The highest BCUT2D eigenvalue weighted by Crippen LogP contribution is 2.36. The minimum absolute atomic E-state index is 0.940. The molecule has 1 heterocycles. The second kappa shape index (κ2) is 3.37. The first-order valence-corrected chi connectivity index (χ1v) is 5.47. The molecule has 3 unspecified atom stereocenters. The van der Waals surface area contributed by atoms with E-state index in [2.05, 4.69) is 18.9 Å². The fraction of sp³-hybridized carbons (Fsp3) is 1.00. The first-order chi connectivity index (χ1) is 5.77. The van der Waals surface area contributed by atoms with Crippen molar-refractivity contribution in [1.82, 2.24) is 4.90 Å². The SMILES string of the molecule is CC1CCC2C(CCCN2C)C1. The molecule has 1 saturated heterocycles. The number of rotatable bonds is 0. The van der Waals surface area contributed by atoms with Crippen molar-refractivity contribution in [2.45, 2.75) is 45.1 Å². The minimum Gasteiger partial charge on any atom is -0.303 e. The molecule has 1 nitrogen and oxygen atoms in total. The molecule has 3 atom stereocenters. The Bertz CT molecular complexity index is 155. The standard InChI is InChI=1S/C11H21N/c1-9-5-6-11-10(8-9)4-3-7-12(11)2/h9-11H,3-8H2,1-2H3. The van der Waals surface area contributed by atoms with Crippen LogP contribution in [-0.4, -0.2) is 24.5 Å². The fourth-order valence-electron chi connectivity index (χ4n) is 3.14. The molecule has 1 saturated carbocycles. The van der Waals surface area contributed by atoms with Gasteiger partial charge in [-0.3, -0.25) is 0 Å². The Labute approximate surface area is 76.1 Å². The average molecular weight is 167 g/mol. The Kier molecular flexibility index (Phi) is 2.40. The highest BCUT2D eigenvalue weighted by Gasteiger charge is 2.33. The van der Waals surface area contributed by atoms with E-state index in [-0.39, 0.29) is 0 Å². The van der Waals surface area contributed by atoms with Crippen LogP contribution in [0.5, 0.6) is 0 Å². The van der Waals surface area contributed by atoms with Gasteiger partial charge in [-0.05, 0) is 57.5 Å². The van der Waals surface area contributed by atoms with Crippen LogP contribution in [0.25, 0.3) is 0 Å². The van der Waals surface area contributed by atoms with E-state index < -0.39 is 0 Å². The van der Waals surface area contributed by atoms with Crippen LogP contribution in [0, 0.1) is 11.8 Å². The van der Waals surface area contributed by atoms with Gasteiger partial charge in [0.15, 0.2) is 0 Å². The molecule has 1 aliphatic carbocycles. The summed E-state index contributed by atoms with van der Waals surface area (Å²) in [6, 6.07) is 0.940. The molecule has 0 aromatic heterocycles. The number of piperidine rings is 1. The van der Waals surface area contributed by atoms with E-state index in [0.717, 1.165) is 17.9 Å². The van der Waals surface area contributed by atoms with Crippen molar-refractivity contribution in [2.75, 3.05) is 13.6 Å². The van der Waals surface area contributed by atoms with Crippen LogP contribution in [0.4, 0.5) is 0 Å². The van der Waals surface area contributed by atoms with Gasteiger partial charge in [-0.25, -0.2) is 0 Å². The Morgan fingerprint density at radius 2 is 2.00 bits per heavy atom. The number of fused-ring (bicyclic) bond motifs is 1. The Morgan fingerprint density at radius 3 is 2.83 bits per heavy atom. The summed E-state index contributed by atoms with van der Waals surface area (Å²) in [5.41, 5.74) is 0. The second-order valence-electron chi connectivity index (χ2n) is 4.87. The average Bonchev–Trinajstić information content (AvgIpc) is 2.04. The quantitative estimate of drug-likeness (QED) is 0.536. The zero-order chi connectivity index (χ0) is 8.55. The molecule has 0 spiro atoms. The van der Waals surface area contributed by atoms with Gasteiger partial charge in [-0.15, -0.1) is 0 Å². The van der Waals surface area contributed by atoms with Crippen molar-refractivity contribution in [3.05, 3.63) is 0 Å². The number of hydrogen-bond acceptors (Lipinski definition) is 1. The van der Waals surface area contributed by atoms with E-state index >= 15 is 0 Å². The monoisotopic (exact) mass is 167 g/mol. The molecular weight excluding hydrogens is 146 g/mol. The highest BCUT2D eigenvalue weighted by molar-refractivity contribution is 4.87. The van der Waals surface area contributed by atoms with Crippen LogP contribution in [0.15, 0.2) is 0 Å². The molecule has 1 aliphatic heterocycles. The molecule has 0 radical (unpaired) electrons. The normalized spacial score (nSPS) is 44.0. The van der Waals surface area contributed by atoms with Gasteiger partial charge < -0.3 is 4.90 Å². The molecule has 2 fully saturated rings. The molecular formula is C11H21N. The van der Waals surface area contributed by atoms with Gasteiger partial charge in [0.2, 0.25) is 0 Å².